The summed E-state index contributed by atoms with van der Waals surface area (Å²) in [6.45, 7) is 1.96. The van der Waals surface area contributed by atoms with Crippen LogP contribution in [0.2, 0.25) is 0 Å². The zero-order chi connectivity index (χ0) is 13.7. The monoisotopic (exact) mass is 272 g/mol. The lowest BCUT2D eigenvalue weighted by Gasteiger charge is -2.57. The van der Waals surface area contributed by atoms with Gasteiger partial charge in [-0.2, -0.15) is 0 Å². The van der Waals surface area contributed by atoms with E-state index >= 15 is 0 Å². The standard InChI is InChI=1S/C16H24N4/c1-10-18-14(17-2)6-15(19-10)20-16-7-11-3-12(8-16)5-13(4-11)9-16/h6,11-13H,3-5,7-9H2,1-2H3,(H2,17,18,19,20). The molecule has 4 bridgehead atoms. The molecule has 0 unspecified atom stereocenters. The Kier molecular flexibility index (Phi) is 2.69. The predicted octanol–water partition coefficient (Wildman–Crippen LogP) is 3.21. The summed E-state index contributed by atoms with van der Waals surface area (Å²) in [4.78, 5) is 8.98. The number of aromatic nitrogens is 2. The van der Waals surface area contributed by atoms with Gasteiger partial charge in [0.2, 0.25) is 0 Å². The number of nitrogens with zero attached hydrogens (tertiary/aromatic N) is 2. The number of anilines is 2. The maximum Gasteiger partial charge on any atom is 0.132 e. The lowest BCUT2D eigenvalue weighted by molar-refractivity contribution is 0.0105. The molecular weight excluding hydrogens is 248 g/mol. The van der Waals surface area contributed by atoms with Gasteiger partial charge < -0.3 is 10.6 Å². The summed E-state index contributed by atoms with van der Waals surface area (Å²) >= 11 is 0. The molecule has 5 rings (SSSR count). The molecule has 4 heteroatoms. The first-order valence-corrected chi connectivity index (χ1v) is 7.96. The van der Waals surface area contributed by atoms with E-state index in [-0.39, 0.29) is 0 Å². The van der Waals surface area contributed by atoms with Gasteiger partial charge >= 0.3 is 0 Å². The summed E-state index contributed by atoms with van der Waals surface area (Å²) in [6.07, 6.45) is 8.47. The van der Waals surface area contributed by atoms with Gasteiger partial charge in [-0.3, -0.25) is 0 Å². The van der Waals surface area contributed by atoms with E-state index in [4.69, 9.17) is 0 Å². The van der Waals surface area contributed by atoms with Crippen molar-refractivity contribution < 1.29 is 0 Å². The van der Waals surface area contributed by atoms with Gasteiger partial charge in [-0.1, -0.05) is 0 Å². The van der Waals surface area contributed by atoms with Crippen LogP contribution in [0.5, 0.6) is 0 Å². The molecule has 4 nitrogen and oxygen atoms in total. The van der Waals surface area contributed by atoms with Crippen LogP contribution < -0.4 is 10.6 Å². The van der Waals surface area contributed by atoms with Crippen molar-refractivity contribution in [3.05, 3.63) is 11.9 Å². The minimum absolute atomic E-state index is 0.320. The van der Waals surface area contributed by atoms with Gasteiger partial charge in [0, 0.05) is 18.7 Å². The Balaban J connectivity index is 1.61. The average Bonchev–Trinajstić information content (AvgIpc) is 2.35. The highest BCUT2D eigenvalue weighted by Gasteiger charge is 2.51. The molecule has 0 aliphatic heterocycles. The predicted molar refractivity (Wildman–Crippen MR) is 80.8 cm³/mol. The largest absolute Gasteiger partial charge is 0.373 e. The van der Waals surface area contributed by atoms with Gasteiger partial charge in [0.15, 0.2) is 0 Å². The van der Waals surface area contributed by atoms with Gasteiger partial charge in [-0.15, -0.1) is 0 Å². The van der Waals surface area contributed by atoms with Crippen LogP contribution in [0, 0.1) is 24.7 Å². The van der Waals surface area contributed by atoms with Crippen LogP contribution in [0.3, 0.4) is 0 Å². The minimum Gasteiger partial charge on any atom is -0.373 e. The third-order valence-corrected chi connectivity index (χ3v) is 5.53. The maximum absolute atomic E-state index is 4.60. The molecule has 4 fully saturated rings. The smallest absolute Gasteiger partial charge is 0.132 e. The number of hydrogen-bond donors (Lipinski definition) is 2. The molecule has 4 aliphatic rings. The molecular formula is C16H24N4. The molecule has 0 amide bonds. The zero-order valence-corrected chi connectivity index (χ0v) is 12.4. The molecule has 0 spiro atoms. The van der Waals surface area contributed by atoms with Crippen LogP contribution in [0.15, 0.2) is 6.07 Å². The number of aryl methyl sites for hydroxylation is 1. The van der Waals surface area contributed by atoms with E-state index in [0.29, 0.717) is 5.54 Å². The Morgan fingerprint density at radius 1 is 1.00 bits per heavy atom. The van der Waals surface area contributed by atoms with Gasteiger partial charge in [-0.25, -0.2) is 9.97 Å². The van der Waals surface area contributed by atoms with E-state index in [1.54, 1.807) is 0 Å². The molecule has 0 radical (unpaired) electrons. The van der Waals surface area contributed by atoms with E-state index in [1.807, 2.05) is 20.0 Å². The van der Waals surface area contributed by atoms with Crippen molar-refractivity contribution in [2.45, 2.75) is 51.0 Å². The number of nitrogens with one attached hydrogen (secondary N) is 2. The fourth-order valence-corrected chi connectivity index (χ4v) is 5.30. The molecule has 108 valence electrons. The van der Waals surface area contributed by atoms with E-state index in [2.05, 4.69) is 20.6 Å². The topological polar surface area (TPSA) is 49.8 Å². The summed E-state index contributed by atoms with van der Waals surface area (Å²) in [5, 5.41) is 6.94. The Labute approximate surface area is 120 Å². The molecule has 1 aromatic rings. The van der Waals surface area contributed by atoms with Crippen LogP contribution in [0.4, 0.5) is 11.6 Å². The lowest BCUT2D eigenvalue weighted by atomic mass is 9.53. The minimum atomic E-state index is 0.320. The first-order valence-electron chi connectivity index (χ1n) is 7.96. The van der Waals surface area contributed by atoms with Crippen molar-refractivity contribution in [2.24, 2.45) is 17.8 Å². The third kappa shape index (κ3) is 2.05. The summed E-state index contributed by atoms with van der Waals surface area (Å²) in [5.74, 6) is 5.62. The van der Waals surface area contributed by atoms with Crippen LogP contribution in [0.25, 0.3) is 0 Å². The highest BCUT2D eigenvalue weighted by atomic mass is 15.1. The van der Waals surface area contributed by atoms with E-state index in [0.717, 1.165) is 35.2 Å². The van der Waals surface area contributed by atoms with E-state index in [1.165, 1.54) is 38.5 Å². The van der Waals surface area contributed by atoms with Crippen molar-refractivity contribution in [3.8, 4) is 0 Å². The fourth-order valence-electron chi connectivity index (χ4n) is 5.30. The summed E-state index contributed by atoms with van der Waals surface area (Å²) < 4.78 is 0. The molecule has 0 aromatic carbocycles. The van der Waals surface area contributed by atoms with Gasteiger partial charge in [0.1, 0.15) is 17.5 Å². The SMILES string of the molecule is CNc1cc(NC23CC4CC(CC(C4)C2)C3)nc(C)n1. The third-order valence-electron chi connectivity index (χ3n) is 5.53. The summed E-state index contributed by atoms with van der Waals surface area (Å²) in [5.41, 5.74) is 0.320. The maximum atomic E-state index is 4.60. The van der Waals surface area contributed by atoms with Crippen LogP contribution in [0.1, 0.15) is 44.3 Å². The molecule has 0 saturated heterocycles. The quantitative estimate of drug-likeness (QED) is 0.887. The van der Waals surface area contributed by atoms with Gasteiger partial charge in [0.25, 0.3) is 0 Å². The van der Waals surface area contributed by atoms with E-state index in [9.17, 15) is 0 Å². The van der Waals surface area contributed by atoms with Crippen LogP contribution in [-0.2, 0) is 0 Å². The normalized spacial score (nSPS) is 38.0. The highest BCUT2D eigenvalue weighted by Crippen LogP contribution is 2.56. The molecule has 2 N–H and O–H groups in total. The second-order valence-electron chi connectivity index (χ2n) is 7.26. The molecule has 1 aromatic heterocycles. The number of hydrogen-bond acceptors (Lipinski definition) is 4. The Hall–Kier alpha value is -1.32. The lowest BCUT2D eigenvalue weighted by Crippen LogP contribution is -2.54. The van der Waals surface area contributed by atoms with Crippen molar-refractivity contribution in [1.29, 1.82) is 0 Å². The molecule has 20 heavy (non-hydrogen) atoms. The van der Waals surface area contributed by atoms with Crippen LogP contribution in [-0.4, -0.2) is 22.6 Å². The van der Waals surface area contributed by atoms with Crippen molar-refractivity contribution in [1.82, 2.24) is 9.97 Å². The molecule has 1 heterocycles. The van der Waals surface area contributed by atoms with Crippen molar-refractivity contribution in [2.75, 3.05) is 17.7 Å². The van der Waals surface area contributed by atoms with Crippen LogP contribution >= 0.6 is 0 Å². The second-order valence-corrected chi connectivity index (χ2v) is 7.26. The Morgan fingerprint density at radius 2 is 1.55 bits per heavy atom. The zero-order valence-electron chi connectivity index (χ0n) is 12.4. The Bertz CT molecular complexity index is 490. The molecule has 0 atom stereocenters. The highest BCUT2D eigenvalue weighted by molar-refractivity contribution is 5.49. The van der Waals surface area contributed by atoms with Crippen molar-refractivity contribution in [3.63, 3.8) is 0 Å². The summed E-state index contributed by atoms with van der Waals surface area (Å²) in [6, 6.07) is 2.05. The molecule has 4 aliphatic carbocycles. The number of rotatable bonds is 3. The first kappa shape index (κ1) is 12.4. The van der Waals surface area contributed by atoms with E-state index < -0.39 is 0 Å². The second kappa shape index (κ2) is 4.34. The van der Waals surface area contributed by atoms with Gasteiger partial charge in [0.05, 0.1) is 0 Å². The molecule has 4 saturated carbocycles. The van der Waals surface area contributed by atoms with Crippen molar-refractivity contribution >= 4 is 11.6 Å². The summed E-state index contributed by atoms with van der Waals surface area (Å²) in [7, 11) is 1.91. The fraction of sp³-hybridized carbons (Fsp3) is 0.750. The van der Waals surface area contributed by atoms with Gasteiger partial charge in [-0.05, 0) is 63.2 Å². The first-order chi connectivity index (χ1) is 9.64. The Morgan fingerprint density at radius 3 is 2.10 bits per heavy atom. The average molecular weight is 272 g/mol.